The quantitative estimate of drug-likeness (QED) is 0.676. The van der Waals surface area contributed by atoms with Crippen molar-refractivity contribution in [1.82, 2.24) is 4.90 Å². The van der Waals surface area contributed by atoms with Gasteiger partial charge < -0.3 is 9.47 Å². The molecular weight excluding hydrogens is 242 g/mol. The van der Waals surface area contributed by atoms with E-state index in [0.717, 1.165) is 36.5 Å². The van der Waals surface area contributed by atoms with Crippen molar-refractivity contribution in [2.45, 2.75) is 20.4 Å². The van der Waals surface area contributed by atoms with Crippen molar-refractivity contribution < 1.29 is 14.3 Å². The molecule has 0 aromatic heterocycles. The van der Waals surface area contributed by atoms with E-state index >= 15 is 0 Å². The Hall–Kier alpha value is -1.39. The zero-order chi connectivity index (χ0) is 14.3. The topological polar surface area (TPSA) is 38.8 Å². The van der Waals surface area contributed by atoms with Crippen LogP contribution in [-0.2, 0) is 11.3 Å². The Labute approximate surface area is 115 Å². The minimum absolute atomic E-state index is 0.0730. The largest absolute Gasteiger partial charge is 0.496 e. The van der Waals surface area contributed by atoms with E-state index < -0.39 is 0 Å². The van der Waals surface area contributed by atoms with Crippen LogP contribution in [0.15, 0.2) is 18.2 Å². The number of Topliss-reactive ketones (excluding diaryl/α,β-unsaturated/α-hetero) is 1. The van der Waals surface area contributed by atoms with Crippen LogP contribution in [0.1, 0.15) is 29.8 Å². The number of hydrogen-bond acceptors (Lipinski definition) is 4. The molecule has 0 aliphatic carbocycles. The molecule has 0 unspecified atom stereocenters. The average Bonchev–Trinajstić information content (AvgIpc) is 2.43. The maximum absolute atomic E-state index is 11.5. The lowest BCUT2D eigenvalue weighted by atomic mass is 10.1. The lowest BCUT2D eigenvalue weighted by molar-refractivity contribution is 0.101. The summed E-state index contributed by atoms with van der Waals surface area (Å²) in [5, 5.41) is 0. The third-order valence-electron chi connectivity index (χ3n) is 3.14. The summed E-state index contributed by atoms with van der Waals surface area (Å²) in [4.78, 5) is 13.7. The number of carbonyl (C=O) groups excluding carboxylic acids is 1. The van der Waals surface area contributed by atoms with Crippen LogP contribution >= 0.6 is 0 Å². The molecule has 1 aromatic rings. The number of benzene rings is 1. The van der Waals surface area contributed by atoms with E-state index in [1.165, 1.54) is 0 Å². The molecule has 0 saturated heterocycles. The number of carbonyl (C=O) groups is 1. The molecule has 1 rings (SSSR count). The molecule has 19 heavy (non-hydrogen) atoms. The van der Waals surface area contributed by atoms with E-state index in [4.69, 9.17) is 9.47 Å². The molecule has 0 atom stereocenters. The summed E-state index contributed by atoms with van der Waals surface area (Å²) in [6.07, 6.45) is 0. The van der Waals surface area contributed by atoms with Crippen LogP contribution in [0.4, 0.5) is 0 Å². The summed E-state index contributed by atoms with van der Waals surface area (Å²) in [5.41, 5.74) is 1.76. The second-order valence-corrected chi connectivity index (χ2v) is 4.44. The van der Waals surface area contributed by atoms with E-state index in [0.29, 0.717) is 6.61 Å². The number of likely N-dealkylation sites (N-methyl/N-ethyl adjacent to an activating group) is 1. The van der Waals surface area contributed by atoms with Gasteiger partial charge in [-0.1, -0.05) is 6.92 Å². The predicted molar refractivity (Wildman–Crippen MR) is 75.8 cm³/mol. The number of nitrogens with zero attached hydrogens (tertiary/aromatic N) is 1. The predicted octanol–water partition coefficient (Wildman–Crippen LogP) is 2.37. The highest BCUT2D eigenvalue weighted by Crippen LogP contribution is 2.22. The number of methoxy groups -OCH3 is 2. The third kappa shape index (κ3) is 4.65. The molecule has 0 aliphatic rings. The highest BCUT2D eigenvalue weighted by molar-refractivity contribution is 5.94. The van der Waals surface area contributed by atoms with Crippen molar-refractivity contribution in [2.24, 2.45) is 0 Å². The SMILES string of the molecule is CCN(CCOC)Cc1cc(C(C)=O)ccc1OC. The van der Waals surface area contributed by atoms with Crippen molar-refractivity contribution >= 4 is 5.78 Å². The van der Waals surface area contributed by atoms with E-state index in [9.17, 15) is 4.79 Å². The van der Waals surface area contributed by atoms with Crippen LogP contribution < -0.4 is 4.74 Å². The van der Waals surface area contributed by atoms with Gasteiger partial charge in [0.05, 0.1) is 13.7 Å². The first-order valence-corrected chi connectivity index (χ1v) is 6.51. The summed E-state index contributed by atoms with van der Waals surface area (Å²) in [7, 11) is 3.35. The van der Waals surface area contributed by atoms with Crippen molar-refractivity contribution in [3.8, 4) is 5.75 Å². The van der Waals surface area contributed by atoms with Crippen LogP contribution in [0.2, 0.25) is 0 Å². The van der Waals surface area contributed by atoms with Gasteiger partial charge in [-0.05, 0) is 31.7 Å². The fourth-order valence-corrected chi connectivity index (χ4v) is 1.93. The molecule has 0 saturated carbocycles. The number of rotatable bonds is 8. The fraction of sp³-hybridized carbons (Fsp3) is 0.533. The first-order chi connectivity index (χ1) is 9.12. The maximum atomic E-state index is 11.5. The van der Waals surface area contributed by atoms with Gasteiger partial charge in [0.15, 0.2) is 5.78 Å². The number of hydrogen-bond donors (Lipinski definition) is 0. The van der Waals surface area contributed by atoms with Crippen LogP contribution in [0.5, 0.6) is 5.75 Å². The fourth-order valence-electron chi connectivity index (χ4n) is 1.93. The molecule has 0 bridgehead atoms. The Morgan fingerprint density at radius 1 is 1.32 bits per heavy atom. The van der Waals surface area contributed by atoms with Crippen LogP contribution in [-0.4, -0.2) is 44.6 Å². The van der Waals surface area contributed by atoms with Crippen LogP contribution in [0, 0.1) is 0 Å². The molecule has 0 amide bonds. The highest BCUT2D eigenvalue weighted by Gasteiger charge is 2.11. The summed E-state index contributed by atoms with van der Waals surface area (Å²) < 4.78 is 10.5. The van der Waals surface area contributed by atoms with Gasteiger partial charge in [0.1, 0.15) is 5.75 Å². The highest BCUT2D eigenvalue weighted by atomic mass is 16.5. The molecule has 1 aromatic carbocycles. The van der Waals surface area contributed by atoms with Gasteiger partial charge in [-0.15, -0.1) is 0 Å². The third-order valence-corrected chi connectivity index (χ3v) is 3.14. The molecule has 4 nitrogen and oxygen atoms in total. The van der Waals surface area contributed by atoms with Gasteiger partial charge in [-0.3, -0.25) is 9.69 Å². The van der Waals surface area contributed by atoms with E-state index in [1.807, 2.05) is 12.1 Å². The van der Waals surface area contributed by atoms with E-state index in [-0.39, 0.29) is 5.78 Å². The Bertz CT molecular complexity index is 418. The Balaban J connectivity index is 2.89. The first-order valence-electron chi connectivity index (χ1n) is 6.51. The smallest absolute Gasteiger partial charge is 0.159 e. The minimum atomic E-state index is 0.0730. The minimum Gasteiger partial charge on any atom is -0.496 e. The van der Waals surface area contributed by atoms with Gasteiger partial charge in [0.2, 0.25) is 0 Å². The van der Waals surface area contributed by atoms with Gasteiger partial charge >= 0.3 is 0 Å². The summed E-state index contributed by atoms with van der Waals surface area (Å²) >= 11 is 0. The molecule has 0 radical (unpaired) electrons. The van der Waals surface area contributed by atoms with Crippen molar-refractivity contribution in [3.63, 3.8) is 0 Å². The second-order valence-electron chi connectivity index (χ2n) is 4.44. The van der Waals surface area contributed by atoms with E-state index in [2.05, 4.69) is 11.8 Å². The zero-order valence-electron chi connectivity index (χ0n) is 12.2. The summed E-state index contributed by atoms with van der Waals surface area (Å²) in [6, 6.07) is 5.57. The average molecular weight is 265 g/mol. The molecule has 0 N–H and O–H groups in total. The van der Waals surface area contributed by atoms with Crippen molar-refractivity contribution in [1.29, 1.82) is 0 Å². The molecule has 0 fully saturated rings. The Morgan fingerprint density at radius 3 is 2.58 bits per heavy atom. The number of ketones is 1. The van der Waals surface area contributed by atoms with Gasteiger partial charge in [0, 0.05) is 31.3 Å². The summed E-state index contributed by atoms with van der Waals surface area (Å²) in [5.74, 6) is 0.893. The van der Waals surface area contributed by atoms with E-state index in [1.54, 1.807) is 27.2 Å². The zero-order valence-corrected chi connectivity index (χ0v) is 12.2. The van der Waals surface area contributed by atoms with Crippen molar-refractivity contribution in [2.75, 3.05) is 33.9 Å². The van der Waals surface area contributed by atoms with Gasteiger partial charge in [-0.25, -0.2) is 0 Å². The summed E-state index contributed by atoms with van der Waals surface area (Å²) in [6.45, 7) is 6.93. The normalized spacial score (nSPS) is 10.8. The Morgan fingerprint density at radius 2 is 2.05 bits per heavy atom. The molecule has 106 valence electrons. The molecule has 0 spiro atoms. The van der Waals surface area contributed by atoms with Crippen LogP contribution in [0.3, 0.4) is 0 Å². The second kappa shape index (κ2) is 7.92. The van der Waals surface area contributed by atoms with Gasteiger partial charge in [-0.2, -0.15) is 0 Å². The van der Waals surface area contributed by atoms with Crippen molar-refractivity contribution in [3.05, 3.63) is 29.3 Å². The molecular formula is C15H23NO3. The molecule has 4 heteroatoms. The van der Waals surface area contributed by atoms with Crippen LogP contribution in [0.25, 0.3) is 0 Å². The monoisotopic (exact) mass is 265 g/mol. The lowest BCUT2D eigenvalue weighted by Crippen LogP contribution is -2.27. The standard InChI is InChI=1S/C15H23NO3/c1-5-16(8-9-18-3)11-14-10-13(12(2)17)6-7-15(14)19-4/h6-7,10H,5,8-9,11H2,1-4H3. The van der Waals surface area contributed by atoms with Gasteiger partial charge in [0.25, 0.3) is 0 Å². The molecule has 0 heterocycles. The first kappa shape index (κ1) is 15.7. The lowest BCUT2D eigenvalue weighted by Gasteiger charge is -2.21. The maximum Gasteiger partial charge on any atom is 0.159 e. The number of ether oxygens (including phenoxy) is 2. The molecule has 0 aliphatic heterocycles. The Kier molecular flexibility index (Phi) is 6.53.